The van der Waals surface area contributed by atoms with E-state index < -0.39 is 0 Å². The summed E-state index contributed by atoms with van der Waals surface area (Å²) in [6.07, 6.45) is 0.936. The van der Waals surface area contributed by atoms with Gasteiger partial charge in [-0.25, -0.2) is 4.79 Å². The molecule has 1 aliphatic heterocycles. The number of carbonyl (C=O) groups excluding carboxylic acids is 1. The lowest BCUT2D eigenvalue weighted by Crippen LogP contribution is -2.38. The van der Waals surface area contributed by atoms with Gasteiger partial charge in [0.2, 0.25) is 0 Å². The maximum Gasteiger partial charge on any atom is 0.322 e. The van der Waals surface area contributed by atoms with Crippen LogP contribution in [0.5, 0.6) is 5.75 Å². The van der Waals surface area contributed by atoms with Crippen LogP contribution in [0, 0.1) is 5.92 Å². The normalized spacial score (nSPS) is 13.8. The number of rotatable bonds is 4. The van der Waals surface area contributed by atoms with Gasteiger partial charge < -0.3 is 15.0 Å². The maximum absolute atomic E-state index is 12.6. The number of nitrogens with one attached hydrogen (secondary N) is 1. The molecular formula is C18H22N2O2S. The average Bonchev–Trinajstić information content (AvgIpc) is 3.01. The number of thiophene rings is 1. The van der Waals surface area contributed by atoms with Crippen molar-refractivity contribution in [2.75, 3.05) is 18.5 Å². The number of nitrogens with zero attached hydrogens (tertiary/aromatic N) is 1. The molecule has 0 atom stereocenters. The zero-order valence-corrected chi connectivity index (χ0v) is 14.4. The lowest BCUT2D eigenvalue weighted by molar-refractivity contribution is 0.206. The standard InChI is InChI=1S/C18H22N2O2S/c1-13(2)12-22-16-6-4-3-5-15(16)19-18(21)20-9-7-17-14(11-20)8-10-23-17/h3-6,8,10,13H,7,9,11-12H2,1-2H3,(H,19,21). The molecule has 5 heteroatoms. The van der Waals surface area contributed by atoms with Crippen molar-refractivity contribution in [2.45, 2.75) is 26.8 Å². The van der Waals surface area contributed by atoms with Crippen molar-refractivity contribution >= 4 is 23.1 Å². The lowest BCUT2D eigenvalue weighted by atomic mass is 10.1. The molecule has 2 heterocycles. The Bertz CT molecular complexity index is 681. The van der Waals surface area contributed by atoms with E-state index in [4.69, 9.17) is 4.74 Å². The van der Waals surface area contributed by atoms with E-state index in [2.05, 4.69) is 30.6 Å². The summed E-state index contributed by atoms with van der Waals surface area (Å²) in [5.74, 6) is 1.17. The Morgan fingerprint density at radius 1 is 1.35 bits per heavy atom. The van der Waals surface area contributed by atoms with Gasteiger partial charge >= 0.3 is 6.03 Å². The molecule has 2 amide bonds. The van der Waals surface area contributed by atoms with Gasteiger partial charge in [-0.15, -0.1) is 11.3 Å². The van der Waals surface area contributed by atoms with Crippen molar-refractivity contribution in [3.05, 3.63) is 46.2 Å². The molecule has 0 spiro atoms. The Balaban J connectivity index is 1.66. The fraction of sp³-hybridized carbons (Fsp3) is 0.389. The Morgan fingerprint density at radius 2 is 2.17 bits per heavy atom. The van der Waals surface area contributed by atoms with Crippen LogP contribution in [-0.4, -0.2) is 24.1 Å². The summed E-state index contributed by atoms with van der Waals surface area (Å²) in [6.45, 7) is 6.28. The highest BCUT2D eigenvalue weighted by molar-refractivity contribution is 7.10. The minimum Gasteiger partial charge on any atom is -0.491 e. The van der Waals surface area contributed by atoms with Gasteiger partial charge in [0, 0.05) is 18.0 Å². The number of fused-ring (bicyclic) bond motifs is 1. The van der Waals surface area contributed by atoms with E-state index in [1.54, 1.807) is 11.3 Å². The highest BCUT2D eigenvalue weighted by Crippen LogP contribution is 2.27. The summed E-state index contributed by atoms with van der Waals surface area (Å²) in [5.41, 5.74) is 2.00. The van der Waals surface area contributed by atoms with Crippen LogP contribution < -0.4 is 10.1 Å². The third-order valence-corrected chi connectivity index (χ3v) is 4.82. The minimum absolute atomic E-state index is 0.0672. The van der Waals surface area contributed by atoms with Crippen molar-refractivity contribution in [1.82, 2.24) is 4.90 Å². The van der Waals surface area contributed by atoms with Crippen LogP contribution >= 0.6 is 11.3 Å². The predicted molar refractivity (Wildman–Crippen MR) is 94.2 cm³/mol. The van der Waals surface area contributed by atoms with Crippen LogP contribution in [-0.2, 0) is 13.0 Å². The second-order valence-electron chi connectivity index (χ2n) is 6.17. The lowest BCUT2D eigenvalue weighted by Gasteiger charge is -2.27. The molecule has 1 N–H and O–H groups in total. The van der Waals surface area contributed by atoms with Crippen molar-refractivity contribution < 1.29 is 9.53 Å². The number of hydrogen-bond donors (Lipinski definition) is 1. The van der Waals surface area contributed by atoms with Crippen LogP contribution in [0.25, 0.3) is 0 Å². The topological polar surface area (TPSA) is 41.6 Å². The zero-order valence-electron chi connectivity index (χ0n) is 13.5. The number of benzene rings is 1. The molecule has 2 aromatic rings. The third kappa shape index (κ3) is 3.85. The molecule has 1 aromatic heterocycles. The van der Waals surface area contributed by atoms with Crippen LogP contribution in [0.2, 0.25) is 0 Å². The molecule has 3 rings (SSSR count). The molecule has 4 nitrogen and oxygen atoms in total. The largest absolute Gasteiger partial charge is 0.491 e. The second kappa shape index (κ2) is 7.04. The molecule has 0 saturated carbocycles. The highest BCUT2D eigenvalue weighted by atomic mass is 32.1. The van der Waals surface area contributed by atoms with E-state index in [9.17, 15) is 4.79 Å². The predicted octanol–water partition coefficient (Wildman–Crippen LogP) is 4.37. The van der Waals surface area contributed by atoms with Crippen molar-refractivity contribution in [3.8, 4) is 5.75 Å². The van der Waals surface area contributed by atoms with Crippen LogP contribution in [0.15, 0.2) is 35.7 Å². The van der Waals surface area contributed by atoms with Gasteiger partial charge in [-0.3, -0.25) is 0 Å². The van der Waals surface area contributed by atoms with Crippen LogP contribution in [0.4, 0.5) is 10.5 Å². The first-order valence-corrected chi connectivity index (χ1v) is 8.84. The van der Waals surface area contributed by atoms with E-state index in [1.807, 2.05) is 29.2 Å². The number of ether oxygens (including phenoxy) is 1. The summed E-state index contributed by atoms with van der Waals surface area (Å²) >= 11 is 1.78. The van der Waals surface area contributed by atoms with Crippen LogP contribution in [0.1, 0.15) is 24.3 Å². The molecule has 0 saturated heterocycles. The van der Waals surface area contributed by atoms with E-state index >= 15 is 0 Å². The summed E-state index contributed by atoms with van der Waals surface area (Å²) < 4.78 is 5.80. The van der Waals surface area contributed by atoms with Gasteiger partial charge in [-0.05, 0) is 41.5 Å². The number of urea groups is 1. The average molecular weight is 330 g/mol. The summed E-state index contributed by atoms with van der Waals surface area (Å²) in [5, 5.41) is 5.09. The smallest absolute Gasteiger partial charge is 0.322 e. The van der Waals surface area contributed by atoms with Crippen molar-refractivity contribution in [1.29, 1.82) is 0 Å². The van der Waals surface area contributed by atoms with Crippen molar-refractivity contribution in [2.24, 2.45) is 5.92 Å². The van der Waals surface area contributed by atoms with Gasteiger partial charge in [0.05, 0.1) is 12.3 Å². The molecule has 23 heavy (non-hydrogen) atoms. The number of amides is 2. The summed E-state index contributed by atoms with van der Waals surface area (Å²) in [7, 11) is 0. The first kappa shape index (κ1) is 15.9. The Kier molecular flexibility index (Phi) is 4.86. The zero-order chi connectivity index (χ0) is 16.2. The van der Waals surface area contributed by atoms with Gasteiger partial charge in [0.15, 0.2) is 0 Å². The first-order valence-electron chi connectivity index (χ1n) is 7.96. The molecular weight excluding hydrogens is 308 g/mol. The molecule has 1 aromatic carbocycles. The number of hydrogen-bond acceptors (Lipinski definition) is 3. The SMILES string of the molecule is CC(C)COc1ccccc1NC(=O)N1CCc2sccc2C1. The molecule has 0 aliphatic carbocycles. The monoisotopic (exact) mass is 330 g/mol. The Morgan fingerprint density at radius 3 is 3.00 bits per heavy atom. The van der Waals surface area contributed by atoms with E-state index in [0.717, 1.165) is 24.4 Å². The van der Waals surface area contributed by atoms with Gasteiger partial charge in [0.1, 0.15) is 5.75 Å². The Labute approximate surface area is 141 Å². The summed E-state index contributed by atoms with van der Waals surface area (Å²) in [6, 6.07) is 9.65. The number of carbonyl (C=O) groups is 1. The number of anilines is 1. The molecule has 122 valence electrons. The van der Waals surface area contributed by atoms with Crippen molar-refractivity contribution in [3.63, 3.8) is 0 Å². The highest BCUT2D eigenvalue weighted by Gasteiger charge is 2.22. The molecule has 0 unspecified atom stereocenters. The van der Waals surface area contributed by atoms with Crippen LogP contribution in [0.3, 0.4) is 0 Å². The molecule has 1 aliphatic rings. The maximum atomic E-state index is 12.6. The van der Waals surface area contributed by atoms with E-state index in [-0.39, 0.29) is 6.03 Å². The van der Waals surface area contributed by atoms with Gasteiger partial charge in [0.25, 0.3) is 0 Å². The minimum atomic E-state index is -0.0672. The van der Waals surface area contributed by atoms with E-state index in [0.29, 0.717) is 19.1 Å². The Hall–Kier alpha value is -2.01. The third-order valence-electron chi connectivity index (χ3n) is 3.80. The fourth-order valence-electron chi connectivity index (χ4n) is 2.57. The molecule has 0 bridgehead atoms. The van der Waals surface area contributed by atoms with E-state index in [1.165, 1.54) is 10.4 Å². The van der Waals surface area contributed by atoms with Gasteiger partial charge in [-0.1, -0.05) is 26.0 Å². The first-order chi connectivity index (χ1) is 11.1. The second-order valence-corrected chi connectivity index (χ2v) is 7.17. The fourth-order valence-corrected chi connectivity index (χ4v) is 3.46. The number of para-hydroxylation sites is 2. The quantitative estimate of drug-likeness (QED) is 0.904. The molecule has 0 radical (unpaired) electrons. The summed E-state index contributed by atoms with van der Waals surface area (Å²) in [4.78, 5) is 15.8. The molecule has 0 fully saturated rings. The van der Waals surface area contributed by atoms with Gasteiger partial charge in [-0.2, -0.15) is 0 Å².